The molecule has 1 aromatic carbocycles. The minimum Gasteiger partial charge on any atom is -0.292 e. The van der Waals surface area contributed by atoms with Crippen LogP contribution in [0, 0.1) is 5.92 Å². The molecule has 0 spiro atoms. The molecule has 2 rings (SSSR count). The van der Waals surface area contributed by atoms with Crippen LogP contribution in [0.1, 0.15) is 25.3 Å². The molecule has 1 aromatic rings. The summed E-state index contributed by atoms with van der Waals surface area (Å²) >= 11 is 1.96. The first-order valence-electron chi connectivity index (χ1n) is 6.60. The van der Waals surface area contributed by atoms with Gasteiger partial charge in [0.05, 0.1) is 5.37 Å². The zero-order chi connectivity index (χ0) is 12.1. The van der Waals surface area contributed by atoms with Gasteiger partial charge in [-0.05, 0) is 57.0 Å². The van der Waals surface area contributed by atoms with E-state index in [-0.39, 0.29) is 0 Å². The molecule has 0 saturated carbocycles. The monoisotopic (exact) mass is 249 g/mol. The van der Waals surface area contributed by atoms with Crippen LogP contribution in [-0.4, -0.2) is 29.6 Å². The highest BCUT2D eigenvalue weighted by Crippen LogP contribution is 2.24. The van der Waals surface area contributed by atoms with Crippen molar-refractivity contribution in [1.29, 1.82) is 0 Å². The van der Waals surface area contributed by atoms with E-state index < -0.39 is 0 Å². The van der Waals surface area contributed by atoms with Crippen molar-refractivity contribution in [2.45, 2.75) is 31.6 Å². The van der Waals surface area contributed by atoms with Gasteiger partial charge in [0.25, 0.3) is 0 Å². The Morgan fingerprint density at radius 2 is 1.88 bits per heavy atom. The highest BCUT2D eigenvalue weighted by Gasteiger charge is 2.22. The van der Waals surface area contributed by atoms with Crippen molar-refractivity contribution < 1.29 is 0 Å². The van der Waals surface area contributed by atoms with Gasteiger partial charge in [0, 0.05) is 0 Å². The topological polar surface area (TPSA) is 3.24 Å². The molecule has 1 atom stereocenters. The SMILES string of the molecule is CSC(C)N1CCC(Cc2ccccc2)CC1. The lowest BCUT2D eigenvalue weighted by Crippen LogP contribution is -2.38. The van der Waals surface area contributed by atoms with Crippen LogP contribution >= 0.6 is 11.8 Å². The lowest BCUT2D eigenvalue weighted by atomic mass is 9.90. The Bertz CT molecular complexity index is 317. The van der Waals surface area contributed by atoms with Crippen LogP contribution in [0.25, 0.3) is 0 Å². The van der Waals surface area contributed by atoms with E-state index in [4.69, 9.17) is 0 Å². The zero-order valence-electron chi connectivity index (χ0n) is 10.9. The normalized spacial score (nSPS) is 20.4. The molecule has 0 bridgehead atoms. The fourth-order valence-corrected chi connectivity index (χ4v) is 3.13. The van der Waals surface area contributed by atoms with Crippen LogP contribution < -0.4 is 0 Å². The summed E-state index contributed by atoms with van der Waals surface area (Å²) in [6, 6.07) is 10.9. The number of rotatable bonds is 4. The van der Waals surface area contributed by atoms with Gasteiger partial charge in [0.1, 0.15) is 0 Å². The van der Waals surface area contributed by atoms with Crippen LogP contribution in [0.4, 0.5) is 0 Å². The molecule has 1 nitrogen and oxygen atoms in total. The van der Waals surface area contributed by atoms with Gasteiger partial charge in [-0.2, -0.15) is 0 Å². The Morgan fingerprint density at radius 1 is 1.24 bits per heavy atom. The number of benzene rings is 1. The minimum atomic E-state index is 0.688. The molecule has 1 aliphatic rings. The first kappa shape index (κ1) is 13.0. The summed E-state index contributed by atoms with van der Waals surface area (Å²) in [7, 11) is 0. The third-order valence-electron chi connectivity index (χ3n) is 3.87. The van der Waals surface area contributed by atoms with Crippen LogP contribution in [0.5, 0.6) is 0 Å². The molecular weight excluding hydrogens is 226 g/mol. The fourth-order valence-electron chi connectivity index (χ4n) is 2.62. The van der Waals surface area contributed by atoms with Gasteiger partial charge in [0.2, 0.25) is 0 Å². The zero-order valence-corrected chi connectivity index (χ0v) is 11.7. The Labute approximate surface area is 110 Å². The summed E-state index contributed by atoms with van der Waals surface area (Å²) < 4.78 is 0. The predicted molar refractivity (Wildman–Crippen MR) is 77.4 cm³/mol. The number of thioether (sulfide) groups is 1. The van der Waals surface area contributed by atoms with E-state index in [1.165, 1.54) is 37.9 Å². The predicted octanol–water partition coefficient (Wildman–Crippen LogP) is 3.65. The van der Waals surface area contributed by atoms with E-state index in [9.17, 15) is 0 Å². The van der Waals surface area contributed by atoms with Crippen LogP contribution in [0.3, 0.4) is 0 Å². The van der Waals surface area contributed by atoms with E-state index in [2.05, 4.69) is 48.4 Å². The number of likely N-dealkylation sites (tertiary alicyclic amines) is 1. The van der Waals surface area contributed by atoms with Gasteiger partial charge in [-0.1, -0.05) is 30.3 Å². The van der Waals surface area contributed by atoms with Crippen molar-refractivity contribution in [2.24, 2.45) is 5.92 Å². The largest absolute Gasteiger partial charge is 0.292 e. The summed E-state index contributed by atoms with van der Waals surface area (Å²) in [6.07, 6.45) is 6.20. The van der Waals surface area contributed by atoms with Gasteiger partial charge < -0.3 is 0 Å². The third-order valence-corrected chi connectivity index (χ3v) is 4.85. The maximum atomic E-state index is 2.62. The molecule has 1 aliphatic heterocycles. The smallest absolute Gasteiger partial charge is 0.0525 e. The van der Waals surface area contributed by atoms with Crippen molar-refractivity contribution in [2.75, 3.05) is 19.3 Å². The van der Waals surface area contributed by atoms with E-state index in [0.29, 0.717) is 5.37 Å². The Morgan fingerprint density at radius 3 is 2.47 bits per heavy atom. The third kappa shape index (κ3) is 3.75. The average Bonchev–Trinajstić information content (AvgIpc) is 2.40. The first-order chi connectivity index (χ1) is 8.29. The second-order valence-corrected chi connectivity index (χ2v) is 6.16. The van der Waals surface area contributed by atoms with Crippen molar-refractivity contribution in [1.82, 2.24) is 4.90 Å². The van der Waals surface area contributed by atoms with Crippen molar-refractivity contribution in [3.8, 4) is 0 Å². The van der Waals surface area contributed by atoms with Crippen LogP contribution in [-0.2, 0) is 6.42 Å². The molecule has 1 heterocycles. The van der Waals surface area contributed by atoms with Crippen molar-refractivity contribution >= 4 is 11.8 Å². The molecule has 17 heavy (non-hydrogen) atoms. The maximum Gasteiger partial charge on any atom is 0.0525 e. The number of piperidine rings is 1. The van der Waals surface area contributed by atoms with Crippen LogP contribution in [0.2, 0.25) is 0 Å². The van der Waals surface area contributed by atoms with Crippen molar-refractivity contribution in [3.63, 3.8) is 0 Å². The summed E-state index contributed by atoms with van der Waals surface area (Å²) in [5.74, 6) is 0.891. The Hall–Kier alpha value is -0.470. The molecule has 0 amide bonds. The number of hydrogen-bond acceptors (Lipinski definition) is 2. The second-order valence-electron chi connectivity index (χ2n) is 5.00. The quantitative estimate of drug-likeness (QED) is 0.801. The lowest BCUT2D eigenvalue weighted by Gasteiger charge is -2.35. The van der Waals surface area contributed by atoms with E-state index in [0.717, 1.165) is 5.92 Å². The molecule has 0 N–H and O–H groups in total. The molecule has 94 valence electrons. The molecule has 0 aliphatic carbocycles. The van der Waals surface area contributed by atoms with Gasteiger partial charge in [0.15, 0.2) is 0 Å². The minimum absolute atomic E-state index is 0.688. The molecule has 0 radical (unpaired) electrons. The lowest BCUT2D eigenvalue weighted by molar-refractivity contribution is 0.178. The van der Waals surface area contributed by atoms with Gasteiger partial charge in [-0.15, -0.1) is 11.8 Å². The second kappa shape index (κ2) is 6.46. The number of nitrogens with zero attached hydrogens (tertiary/aromatic N) is 1. The molecular formula is C15H23NS. The molecule has 1 unspecified atom stereocenters. The summed E-state index contributed by atoms with van der Waals surface area (Å²) in [5, 5.41) is 0.688. The highest BCUT2D eigenvalue weighted by atomic mass is 32.2. The standard InChI is InChI=1S/C15H23NS/c1-13(17-2)16-10-8-15(9-11-16)12-14-6-4-3-5-7-14/h3-7,13,15H,8-12H2,1-2H3. The molecule has 1 fully saturated rings. The van der Waals surface area contributed by atoms with Crippen LogP contribution in [0.15, 0.2) is 30.3 Å². The van der Waals surface area contributed by atoms with Gasteiger partial charge in [-0.25, -0.2) is 0 Å². The highest BCUT2D eigenvalue weighted by molar-refractivity contribution is 7.99. The summed E-state index contributed by atoms with van der Waals surface area (Å²) in [6.45, 7) is 4.88. The summed E-state index contributed by atoms with van der Waals surface area (Å²) in [5.41, 5.74) is 1.50. The fraction of sp³-hybridized carbons (Fsp3) is 0.600. The molecule has 2 heteroatoms. The summed E-state index contributed by atoms with van der Waals surface area (Å²) in [4.78, 5) is 2.62. The average molecular weight is 249 g/mol. The van der Waals surface area contributed by atoms with Gasteiger partial charge >= 0.3 is 0 Å². The maximum absolute atomic E-state index is 2.62. The van der Waals surface area contributed by atoms with Crippen molar-refractivity contribution in [3.05, 3.63) is 35.9 Å². The first-order valence-corrected chi connectivity index (χ1v) is 7.89. The Balaban J connectivity index is 1.80. The van der Waals surface area contributed by atoms with E-state index in [1.54, 1.807) is 0 Å². The van der Waals surface area contributed by atoms with E-state index in [1.807, 2.05) is 11.8 Å². The van der Waals surface area contributed by atoms with E-state index >= 15 is 0 Å². The molecule has 1 saturated heterocycles. The molecule has 0 aromatic heterocycles. The Kier molecular flexibility index (Phi) is 4.93. The number of hydrogen-bond donors (Lipinski definition) is 0. The van der Waals surface area contributed by atoms with Gasteiger partial charge in [-0.3, -0.25) is 4.90 Å².